The molecule has 1 saturated heterocycles. The van der Waals surface area contributed by atoms with Crippen LogP contribution in [0.3, 0.4) is 0 Å². The third-order valence-corrected chi connectivity index (χ3v) is 6.04. The highest BCUT2D eigenvalue weighted by Gasteiger charge is 2.47. The molecule has 27 heavy (non-hydrogen) atoms. The van der Waals surface area contributed by atoms with Crippen LogP contribution in [0.25, 0.3) is 5.69 Å². The highest BCUT2D eigenvalue weighted by atomic mass is 19.1. The van der Waals surface area contributed by atoms with Crippen molar-refractivity contribution < 1.29 is 4.39 Å². The third-order valence-electron chi connectivity index (χ3n) is 6.04. The van der Waals surface area contributed by atoms with E-state index >= 15 is 0 Å². The van der Waals surface area contributed by atoms with Crippen molar-refractivity contribution in [1.82, 2.24) is 14.7 Å². The maximum absolute atomic E-state index is 14.0. The number of nitrogens with two attached hydrogens (primary N) is 1. The lowest BCUT2D eigenvalue weighted by molar-refractivity contribution is -0.00803. The average Bonchev–Trinajstić information content (AvgIpc) is 3.02. The van der Waals surface area contributed by atoms with E-state index in [4.69, 9.17) is 10.8 Å². The Bertz CT molecular complexity index is 1000. The number of hydrogen-bond acceptors (Lipinski definition) is 3. The molecule has 2 N–H and O–H groups in total. The van der Waals surface area contributed by atoms with Gasteiger partial charge in [-0.05, 0) is 49.1 Å². The number of rotatable bonds is 3. The molecule has 5 rings (SSSR count). The van der Waals surface area contributed by atoms with Gasteiger partial charge in [-0.3, -0.25) is 4.90 Å². The maximum Gasteiger partial charge on any atom is 0.132 e. The Morgan fingerprint density at radius 1 is 1.15 bits per heavy atom. The monoisotopic (exact) mass is 362 g/mol. The maximum atomic E-state index is 14.0. The molecule has 1 fully saturated rings. The largest absolute Gasteiger partial charge is 0.383 e. The Kier molecular flexibility index (Phi) is 3.62. The molecule has 0 radical (unpaired) electrons. The van der Waals surface area contributed by atoms with Gasteiger partial charge in [0.1, 0.15) is 11.6 Å². The van der Waals surface area contributed by atoms with Gasteiger partial charge < -0.3 is 5.73 Å². The van der Waals surface area contributed by atoms with Crippen LogP contribution in [-0.2, 0) is 13.0 Å². The highest BCUT2D eigenvalue weighted by Crippen LogP contribution is 2.49. The number of benzene rings is 2. The molecule has 0 saturated carbocycles. The normalized spacial score (nSPS) is 21.0. The predicted octanol–water partition coefficient (Wildman–Crippen LogP) is 4.08. The van der Waals surface area contributed by atoms with E-state index in [-0.39, 0.29) is 5.82 Å². The van der Waals surface area contributed by atoms with Crippen molar-refractivity contribution in [3.05, 3.63) is 76.2 Å². The summed E-state index contributed by atoms with van der Waals surface area (Å²) in [6.45, 7) is 4.50. The van der Waals surface area contributed by atoms with E-state index in [0.717, 1.165) is 36.3 Å². The van der Waals surface area contributed by atoms with Crippen LogP contribution in [0.1, 0.15) is 40.4 Å². The van der Waals surface area contributed by atoms with E-state index in [0.29, 0.717) is 29.0 Å². The minimum absolute atomic E-state index is 0.162. The summed E-state index contributed by atoms with van der Waals surface area (Å²) in [7, 11) is 0. The third kappa shape index (κ3) is 2.49. The van der Waals surface area contributed by atoms with E-state index < -0.39 is 0 Å². The van der Waals surface area contributed by atoms with Gasteiger partial charge in [0, 0.05) is 30.6 Å². The molecule has 2 aliphatic rings. The van der Waals surface area contributed by atoms with Gasteiger partial charge in [-0.2, -0.15) is 5.10 Å². The number of hydrogen-bond donors (Lipinski definition) is 1. The van der Waals surface area contributed by atoms with Crippen LogP contribution in [0, 0.1) is 19.7 Å². The molecule has 2 heterocycles. The number of aryl methyl sites for hydroxylation is 2. The van der Waals surface area contributed by atoms with Crippen LogP contribution >= 0.6 is 0 Å². The molecule has 3 aromatic rings. The van der Waals surface area contributed by atoms with Gasteiger partial charge >= 0.3 is 0 Å². The van der Waals surface area contributed by atoms with Crippen molar-refractivity contribution in [2.24, 2.45) is 0 Å². The van der Waals surface area contributed by atoms with Crippen LogP contribution in [0.2, 0.25) is 0 Å². The number of halogens is 1. The zero-order valence-corrected chi connectivity index (χ0v) is 15.6. The van der Waals surface area contributed by atoms with Crippen molar-refractivity contribution in [1.29, 1.82) is 0 Å². The molecule has 0 spiro atoms. The molecule has 2 unspecified atom stereocenters. The quantitative estimate of drug-likeness (QED) is 0.764. The van der Waals surface area contributed by atoms with E-state index in [1.165, 1.54) is 5.56 Å². The van der Waals surface area contributed by atoms with Crippen LogP contribution < -0.4 is 5.73 Å². The second-order valence-electron chi connectivity index (χ2n) is 7.82. The summed E-state index contributed by atoms with van der Waals surface area (Å²) in [6.07, 6.45) is 2.06. The molecule has 2 aromatic carbocycles. The summed E-state index contributed by atoms with van der Waals surface area (Å²) >= 11 is 0. The molecule has 1 aliphatic heterocycles. The predicted molar refractivity (Wildman–Crippen MR) is 104 cm³/mol. The lowest BCUT2D eigenvalue weighted by Gasteiger charge is -2.52. The second-order valence-corrected chi connectivity index (χ2v) is 7.82. The number of nitrogen functional groups attached to an aromatic ring is 1. The molecule has 4 nitrogen and oxygen atoms in total. The first-order valence-corrected chi connectivity index (χ1v) is 9.47. The summed E-state index contributed by atoms with van der Waals surface area (Å²) in [4.78, 5) is 2.53. The van der Waals surface area contributed by atoms with Crippen LogP contribution in [0.4, 0.5) is 10.2 Å². The Balaban J connectivity index is 1.50. The van der Waals surface area contributed by atoms with Crippen molar-refractivity contribution in [3.8, 4) is 5.69 Å². The summed E-state index contributed by atoms with van der Waals surface area (Å²) in [6, 6.07) is 15.1. The first-order chi connectivity index (χ1) is 13.0. The van der Waals surface area contributed by atoms with Gasteiger partial charge in [0.2, 0.25) is 0 Å². The lowest BCUT2D eigenvalue weighted by atomic mass is 9.77. The molecule has 138 valence electrons. The Labute approximate surface area is 158 Å². The first-order valence-electron chi connectivity index (χ1n) is 9.47. The summed E-state index contributed by atoms with van der Waals surface area (Å²) in [5.41, 5.74) is 12.2. The summed E-state index contributed by atoms with van der Waals surface area (Å²) in [5, 5.41) is 4.80. The van der Waals surface area contributed by atoms with Crippen LogP contribution in [0.5, 0.6) is 0 Å². The lowest BCUT2D eigenvalue weighted by Crippen LogP contribution is -2.54. The van der Waals surface area contributed by atoms with Crippen LogP contribution in [0.15, 0.2) is 42.5 Å². The Morgan fingerprint density at radius 3 is 2.56 bits per heavy atom. The molecular weight excluding hydrogens is 339 g/mol. The van der Waals surface area contributed by atoms with E-state index in [9.17, 15) is 4.39 Å². The van der Waals surface area contributed by atoms with E-state index in [1.54, 1.807) is 18.5 Å². The fourth-order valence-electron chi connectivity index (χ4n) is 4.63. The molecule has 2 atom stereocenters. The standard InChI is InChI=1S/C22H23FN4/c1-13-8-17(9-14(2)21(13)23)27-22(24)20-18(25-27)10-16-11-19(20)26(16)12-15-6-4-3-5-7-15/h3-9,16,19H,10-12,24H2,1-2H3. The zero-order valence-electron chi connectivity index (χ0n) is 15.6. The van der Waals surface area contributed by atoms with Crippen molar-refractivity contribution in [2.45, 2.75) is 45.3 Å². The summed E-state index contributed by atoms with van der Waals surface area (Å²) < 4.78 is 15.8. The van der Waals surface area contributed by atoms with Gasteiger partial charge in [0.25, 0.3) is 0 Å². The molecular formula is C22H23FN4. The van der Waals surface area contributed by atoms with Gasteiger partial charge in [-0.15, -0.1) is 0 Å². The topological polar surface area (TPSA) is 47.1 Å². The van der Waals surface area contributed by atoms with Crippen molar-refractivity contribution >= 4 is 5.82 Å². The first kappa shape index (κ1) is 16.5. The number of anilines is 1. The van der Waals surface area contributed by atoms with Gasteiger partial charge in [-0.1, -0.05) is 30.3 Å². The fourth-order valence-corrected chi connectivity index (χ4v) is 4.63. The molecule has 0 amide bonds. The smallest absolute Gasteiger partial charge is 0.132 e. The van der Waals surface area contributed by atoms with Gasteiger partial charge in [0.05, 0.1) is 11.4 Å². The molecule has 2 bridgehead atoms. The number of fused-ring (bicyclic) bond motifs is 4. The van der Waals surface area contributed by atoms with E-state index in [2.05, 4.69) is 29.2 Å². The minimum Gasteiger partial charge on any atom is -0.383 e. The number of nitrogens with zero attached hydrogens (tertiary/aromatic N) is 3. The number of aromatic nitrogens is 2. The molecule has 1 aromatic heterocycles. The highest BCUT2D eigenvalue weighted by molar-refractivity contribution is 5.55. The Hall–Kier alpha value is -2.66. The fraction of sp³-hybridized carbons (Fsp3) is 0.318. The minimum atomic E-state index is -0.162. The second kappa shape index (κ2) is 5.92. The van der Waals surface area contributed by atoms with Gasteiger partial charge in [0.15, 0.2) is 0 Å². The van der Waals surface area contributed by atoms with Crippen LogP contribution in [-0.4, -0.2) is 20.7 Å². The molecule has 5 heteroatoms. The Morgan fingerprint density at radius 2 is 1.85 bits per heavy atom. The SMILES string of the molecule is Cc1cc(-n2nc3c(c2N)C2CC(C3)N2Cc2ccccc2)cc(C)c1F. The molecule has 1 aliphatic carbocycles. The number of likely N-dealkylation sites (tertiary alicyclic amines) is 1. The van der Waals surface area contributed by atoms with Crippen molar-refractivity contribution in [3.63, 3.8) is 0 Å². The van der Waals surface area contributed by atoms with E-state index in [1.807, 2.05) is 18.2 Å². The average molecular weight is 362 g/mol. The zero-order chi connectivity index (χ0) is 18.7. The van der Waals surface area contributed by atoms with Crippen molar-refractivity contribution in [2.75, 3.05) is 5.73 Å². The summed E-state index contributed by atoms with van der Waals surface area (Å²) in [5.74, 6) is 0.530. The van der Waals surface area contributed by atoms with Gasteiger partial charge in [-0.25, -0.2) is 9.07 Å².